The van der Waals surface area contributed by atoms with Crippen LogP contribution >= 0.6 is 15.9 Å². The number of aryl methyl sites for hydroxylation is 1. The molecule has 1 saturated heterocycles. The summed E-state index contributed by atoms with van der Waals surface area (Å²) in [6.45, 7) is 6.42. The van der Waals surface area contributed by atoms with E-state index in [1.807, 2.05) is 6.92 Å². The van der Waals surface area contributed by atoms with Gasteiger partial charge in [-0.3, -0.25) is 4.98 Å². The topological polar surface area (TPSA) is 29.0 Å². The number of hydrogen-bond acceptors (Lipinski definition) is 3. The van der Waals surface area contributed by atoms with Crippen LogP contribution in [0.4, 0.5) is 5.82 Å². The molecule has 1 aliphatic rings. The van der Waals surface area contributed by atoms with E-state index >= 15 is 0 Å². The van der Waals surface area contributed by atoms with Crippen LogP contribution in [0.5, 0.6) is 0 Å². The minimum Gasteiger partial charge on any atom is -0.354 e. The average molecular weight is 270 g/mol. The number of piperidine rings is 1. The highest BCUT2D eigenvalue weighted by Gasteiger charge is 2.25. The van der Waals surface area contributed by atoms with Crippen molar-refractivity contribution in [3.05, 3.63) is 18.1 Å². The van der Waals surface area contributed by atoms with Crippen molar-refractivity contribution in [2.24, 2.45) is 5.92 Å². The van der Waals surface area contributed by atoms with Gasteiger partial charge in [0.2, 0.25) is 0 Å². The fourth-order valence-electron chi connectivity index (χ4n) is 1.93. The summed E-state index contributed by atoms with van der Waals surface area (Å²) >= 11 is 3.73. The normalized spacial score (nSPS) is 26.7. The van der Waals surface area contributed by atoms with E-state index < -0.39 is 0 Å². The van der Waals surface area contributed by atoms with Crippen LogP contribution < -0.4 is 4.90 Å². The van der Waals surface area contributed by atoms with Gasteiger partial charge in [-0.05, 0) is 19.3 Å². The van der Waals surface area contributed by atoms with Crippen LogP contribution in [0.1, 0.15) is 19.0 Å². The number of halogens is 1. The van der Waals surface area contributed by atoms with Crippen LogP contribution in [0.15, 0.2) is 12.4 Å². The molecular weight excluding hydrogens is 254 g/mol. The van der Waals surface area contributed by atoms with Crippen molar-refractivity contribution in [3.8, 4) is 0 Å². The lowest BCUT2D eigenvalue weighted by molar-refractivity contribution is 0.453. The second-order valence-electron chi connectivity index (χ2n) is 4.19. The summed E-state index contributed by atoms with van der Waals surface area (Å²) in [6, 6.07) is 0. The maximum Gasteiger partial charge on any atom is 0.150 e. The number of nitrogens with zero attached hydrogens (tertiary/aromatic N) is 3. The van der Waals surface area contributed by atoms with Crippen molar-refractivity contribution in [1.82, 2.24) is 9.97 Å². The molecule has 3 nitrogen and oxygen atoms in total. The Kier molecular flexibility index (Phi) is 3.24. The van der Waals surface area contributed by atoms with Crippen molar-refractivity contribution < 1.29 is 0 Å². The van der Waals surface area contributed by atoms with E-state index in [4.69, 9.17) is 0 Å². The van der Waals surface area contributed by atoms with Crippen molar-refractivity contribution >= 4 is 21.7 Å². The Hall–Kier alpha value is -0.640. The zero-order chi connectivity index (χ0) is 10.8. The average Bonchev–Trinajstić information content (AvgIpc) is 2.23. The summed E-state index contributed by atoms with van der Waals surface area (Å²) < 4.78 is 0. The van der Waals surface area contributed by atoms with Crippen LogP contribution in [0.25, 0.3) is 0 Å². The zero-order valence-electron chi connectivity index (χ0n) is 9.15. The van der Waals surface area contributed by atoms with E-state index in [0.29, 0.717) is 4.83 Å². The monoisotopic (exact) mass is 269 g/mol. The van der Waals surface area contributed by atoms with Crippen LogP contribution in [-0.2, 0) is 0 Å². The maximum absolute atomic E-state index is 4.40. The molecule has 2 heterocycles. The van der Waals surface area contributed by atoms with Gasteiger partial charge in [0.05, 0.1) is 5.69 Å². The number of rotatable bonds is 1. The minimum atomic E-state index is 0.563. The highest BCUT2D eigenvalue weighted by Crippen LogP contribution is 2.27. The van der Waals surface area contributed by atoms with E-state index in [1.165, 1.54) is 6.42 Å². The smallest absolute Gasteiger partial charge is 0.150 e. The molecule has 0 spiro atoms. The maximum atomic E-state index is 4.40. The molecule has 82 valence electrons. The van der Waals surface area contributed by atoms with Crippen LogP contribution in [0, 0.1) is 12.8 Å². The van der Waals surface area contributed by atoms with E-state index in [2.05, 4.69) is 37.7 Å². The first-order valence-corrected chi connectivity index (χ1v) is 6.26. The molecule has 0 bridgehead atoms. The van der Waals surface area contributed by atoms with E-state index in [9.17, 15) is 0 Å². The van der Waals surface area contributed by atoms with E-state index in [-0.39, 0.29) is 0 Å². The largest absolute Gasteiger partial charge is 0.354 e. The molecule has 0 aromatic carbocycles. The van der Waals surface area contributed by atoms with E-state index in [1.54, 1.807) is 12.4 Å². The third-order valence-corrected chi connectivity index (χ3v) is 4.21. The van der Waals surface area contributed by atoms with Crippen molar-refractivity contribution in [2.45, 2.75) is 25.1 Å². The lowest BCUT2D eigenvalue weighted by Gasteiger charge is -2.35. The molecular formula is C11H16BrN3. The van der Waals surface area contributed by atoms with Crippen molar-refractivity contribution in [2.75, 3.05) is 18.0 Å². The lowest BCUT2D eigenvalue weighted by Crippen LogP contribution is -2.41. The zero-order valence-corrected chi connectivity index (χ0v) is 10.7. The fraction of sp³-hybridized carbons (Fsp3) is 0.636. The first-order valence-electron chi connectivity index (χ1n) is 5.35. The van der Waals surface area contributed by atoms with Crippen molar-refractivity contribution in [3.63, 3.8) is 0 Å². The Morgan fingerprint density at radius 1 is 1.40 bits per heavy atom. The van der Waals surface area contributed by atoms with Gasteiger partial charge in [0.25, 0.3) is 0 Å². The molecule has 0 amide bonds. The van der Waals surface area contributed by atoms with Gasteiger partial charge < -0.3 is 4.90 Å². The molecule has 1 fully saturated rings. The molecule has 1 aromatic rings. The number of alkyl halides is 1. The fourth-order valence-corrected chi connectivity index (χ4v) is 2.54. The predicted octanol–water partition coefficient (Wildman–Crippen LogP) is 2.39. The van der Waals surface area contributed by atoms with Gasteiger partial charge >= 0.3 is 0 Å². The summed E-state index contributed by atoms with van der Waals surface area (Å²) in [5, 5.41) is 0. The SMILES string of the molecule is Cc1nccnc1N1CCC(C)C(Br)C1. The Bertz CT molecular complexity index is 342. The molecule has 2 rings (SSSR count). The van der Waals surface area contributed by atoms with Gasteiger partial charge in [0.15, 0.2) is 0 Å². The molecule has 2 atom stereocenters. The summed E-state index contributed by atoms with van der Waals surface area (Å²) in [5.74, 6) is 1.78. The molecule has 15 heavy (non-hydrogen) atoms. The Morgan fingerprint density at radius 3 is 2.80 bits per heavy atom. The van der Waals surface area contributed by atoms with Gasteiger partial charge in [0.1, 0.15) is 5.82 Å². The number of anilines is 1. The lowest BCUT2D eigenvalue weighted by atomic mass is 9.99. The minimum absolute atomic E-state index is 0.563. The van der Waals surface area contributed by atoms with Crippen LogP contribution in [0.2, 0.25) is 0 Å². The highest BCUT2D eigenvalue weighted by atomic mass is 79.9. The van der Waals surface area contributed by atoms with Crippen LogP contribution in [0.3, 0.4) is 0 Å². The van der Waals surface area contributed by atoms with Crippen molar-refractivity contribution in [1.29, 1.82) is 0 Å². The molecule has 1 aromatic heterocycles. The quantitative estimate of drug-likeness (QED) is 0.734. The second-order valence-corrected chi connectivity index (χ2v) is 5.37. The third-order valence-electron chi connectivity index (χ3n) is 3.02. The Balaban J connectivity index is 2.15. The van der Waals surface area contributed by atoms with E-state index in [0.717, 1.165) is 30.5 Å². The standard InChI is InChI=1S/C11H16BrN3/c1-8-3-6-15(7-10(8)12)11-9(2)13-4-5-14-11/h4-5,8,10H,3,6-7H2,1-2H3. The molecule has 4 heteroatoms. The summed E-state index contributed by atoms with van der Waals surface area (Å²) in [6.07, 6.45) is 4.73. The van der Waals surface area contributed by atoms with Gasteiger partial charge in [-0.15, -0.1) is 0 Å². The van der Waals surface area contributed by atoms with Gasteiger partial charge in [0, 0.05) is 30.3 Å². The Labute approximate surface area is 99.0 Å². The van der Waals surface area contributed by atoms with Crippen LogP contribution in [-0.4, -0.2) is 27.9 Å². The molecule has 1 aliphatic heterocycles. The molecule has 0 aliphatic carbocycles. The molecule has 2 unspecified atom stereocenters. The van der Waals surface area contributed by atoms with Gasteiger partial charge in [-0.1, -0.05) is 22.9 Å². The number of hydrogen-bond donors (Lipinski definition) is 0. The van der Waals surface area contributed by atoms with Gasteiger partial charge in [-0.2, -0.15) is 0 Å². The first kappa shape index (κ1) is 10.9. The summed E-state index contributed by atoms with van der Waals surface area (Å²) in [5.41, 5.74) is 1.02. The van der Waals surface area contributed by atoms with Gasteiger partial charge in [-0.25, -0.2) is 4.98 Å². The second kappa shape index (κ2) is 4.47. The third kappa shape index (κ3) is 2.30. The highest BCUT2D eigenvalue weighted by molar-refractivity contribution is 9.09. The Morgan fingerprint density at radius 2 is 2.13 bits per heavy atom. The summed E-state index contributed by atoms with van der Waals surface area (Å²) in [7, 11) is 0. The number of aromatic nitrogens is 2. The predicted molar refractivity (Wildman–Crippen MR) is 65.5 cm³/mol. The first-order chi connectivity index (χ1) is 7.18. The molecule has 0 saturated carbocycles. The molecule has 0 N–H and O–H groups in total. The molecule has 0 radical (unpaired) electrons. The summed E-state index contributed by atoms with van der Waals surface area (Å²) in [4.78, 5) is 11.6.